The monoisotopic (exact) mass is 1370 g/mol. The van der Waals surface area contributed by atoms with E-state index < -0.39 is 97.5 Å². The molecular formula is C74H144O17P2. The Morgan fingerprint density at radius 3 is 0.817 bits per heavy atom. The fraction of sp³-hybridized carbons (Fsp3) is 0.946. The smallest absolute Gasteiger partial charge is 0.462 e. The molecule has 3 N–H and O–H groups in total. The van der Waals surface area contributed by atoms with E-state index in [1.807, 2.05) is 0 Å². The van der Waals surface area contributed by atoms with Crippen molar-refractivity contribution in [2.75, 3.05) is 39.6 Å². The Bertz CT molecular complexity index is 1810. The highest BCUT2D eigenvalue weighted by molar-refractivity contribution is 7.47. The van der Waals surface area contributed by atoms with Crippen LogP contribution in [-0.4, -0.2) is 96.7 Å². The van der Waals surface area contributed by atoms with Gasteiger partial charge in [-0.05, 0) is 37.5 Å². The first kappa shape index (κ1) is 91.1. The maximum atomic E-state index is 13.1. The lowest BCUT2D eigenvalue weighted by Gasteiger charge is -2.21. The number of unbranched alkanes of at least 4 members (excludes halogenated alkanes) is 42. The molecule has 19 heteroatoms. The molecule has 0 saturated carbocycles. The molecule has 0 fully saturated rings. The quantitative estimate of drug-likeness (QED) is 0.0222. The van der Waals surface area contributed by atoms with Gasteiger partial charge in [0.15, 0.2) is 12.2 Å². The topological polar surface area (TPSA) is 237 Å². The molecule has 0 spiro atoms. The van der Waals surface area contributed by atoms with E-state index in [0.29, 0.717) is 25.7 Å². The molecule has 0 aliphatic heterocycles. The molecule has 0 amide bonds. The first-order chi connectivity index (χ1) is 44.9. The van der Waals surface area contributed by atoms with Crippen LogP contribution in [0.15, 0.2) is 0 Å². The van der Waals surface area contributed by atoms with Crippen molar-refractivity contribution in [1.82, 2.24) is 0 Å². The third kappa shape index (κ3) is 67.0. The van der Waals surface area contributed by atoms with E-state index in [1.54, 1.807) is 0 Å². The molecule has 0 radical (unpaired) electrons. The van der Waals surface area contributed by atoms with Crippen LogP contribution >= 0.6 is 15.6 Å². The van der Waals surface area contributed by atoms with Gasteiger partial charge in [0.25, 0.3) is 0 Å². The molecule has 0 aromatic rings. The van der Waals surface area contributed by atoms with Crippen molar-refractivity contribution in [3.8, 4) is 0 Å². The number of aliphatic hydroxyl groups is 1. The van der Waals surface area contributed by atoms with Crippen LogP contribution in [0, 0.1) is 11.8 Å². The van der Waals surface area contributed by atoms with Gasteiger partial charge in [0.1, 0.15) is 19.3 Å². The first-order valence-corrected chi connectivity index (χ1v) is 41.5. The largest absolute Gasteiger partial charge is 0.472 e. The van der Waals surface area contributed by atoms with Gasteiger partial charge in [0.05, 0.1) is 26.4 Å². The fourth-order valence-electron chi connectivity index (χ4n) is 11.3. The highest BCUT2D eigenvalue weighted by Gasteiger charge is 2.30. The van der Waals surface area contributed by atoms with E-state index in [0.717, 1.165) is 108 Å². The predicted octanol–water partition coefficient (Wildman–Crippen LogP) is 21.6. The Kier molecular flexibility index (Phi) is 64.6. The molecule has 552 valence electrons. The molecule has 0 rings (SSSR count). The zero-order valence-corrected chi connectivity index (χ0v) is 62.3. The van der Waals surface area contributed by atoms with Crippen LogP contribution in [0.25, 0.3) is 0 Å². The minimum atomic E-state index is -4.95. The number of phosphoric ester groups is 2. The molecule has 0 heterocycles. The summed E-state index contributed by atoms with van der Waals surface area (Å²) in [5.74, 6) is -0.469. The molecule has 17 nitrogen and oxygen atoms in total. The van der Waals surface area contributed by atoms with Crippen LogP contribution in [0.4, 0.5) is 0 Å². The molecule has 3 unspecified atom stereocenters. The van der Waals surface area contributed by atoms with E-state index in [4.69, 9.17) is 37.0 Å². The normalized spacial score (nSPS) is 14.3. The maximum absolute atomic E-state index is 13.1. The summed E-state index contributed by atoms with van der Waals surface area (Å²) in [7, 11) is -9.89. The average Bonchev–Trinajstić information content (AvgIpc) is 2.39. The van der Waals surface area contributed by atoms with Crippen molar-refractivity contribution in [3.63, 3.8) is 0 Å². The van der Waals surface area contributed by atoms with Gasteiger partial charge in [0.2, 0.25) is 0 Å². The van der Waals surface area contributed by atoms with Gasteiger partial charge >= 0.3 is 39.5 Å². The highest BCUT2D eigenvalue weighted by Crippen LogP contribution is 2.45. The SMILES string of the molecule is CCCCCCCCCCCCC(=O)O[C@H](COC(=O)CCCCCCC)COP(=O)(O)OC[C@H](O)COP(=O)(O)OC[C@@H](COC(=O)CCCCCCCCCCCCCCCC(C)C)OC(=O)CCCCCCCCCCCCCCCCCCCCC(C)CC. The van der Waals surface area contributed by atoms with Gasteiger partial charge in [-0.25, -0.2) is 9.13 Å². The number of esters is 4. The van der Waals surface area contributed by atoms with Gasteiger partial charge in [-0.2, -0.15) is 0 Å². The zero-order valence-electron chi connectivity index (χ0n) is 60.6. The Labute approximate surface area is 568 Å². The van der Waals surface area contributed by atoms with Gasteiger partial charge in [-0.3, -0.25) is 37.3 Å². The molecule has 0 aliphatic carbocycles. The van der Waals surface area contributed by atoms with Gasteiger partial charge in [0, 0.05) is 25.7 Å². The molecular weight excluding hydrogens is 1220 g/mol. The van der Waals surface area contributed by atoms with Crippen molar-refractivity contribution in [2.24, 2.45) is 11.8 Å². The zero-order chi connectivity index (χ0) is 68.6. The summed E-state index contributed by atoms with van der Waals surface area (Å²) >= 11 is 0. The van der Waals surface area contributed by atoms with E-state index in [2.05, 4.69) is 41.5 Å². The minimum Gasteiger partial charge on any atom is -0.462 e. The number of aliphatic hydroxyl groups excluding tert-OH is 1. The molecule has 6 atom stereocenters. The summed E-state index contributed by atoms with van der Waals surface area (Å²) < 4.78 is 68.2. The number of hydrogen-bond acceptors (Lipinski definition) is 15. The minimum absolute atomic E-state index is 0.106. The van der Waals surface area contributed by atoms with Crippen LogP contribution in [0.2, 0.25) is 0 Å². The van der Waals surface area contributed by atoms with E-state index in [9.17, 15) is 43.2 Å². The third-order valence-corrected chi connectivity index (χ3v) is 19.5. The lowest BCUT2D eigenvalue weighted by molar-refractivity contribution is -0.161. The molecule has 0 aromatic carbocycles. The van der Waals surface area contributed by atoms with E-state index in [1.165, 1.54) is 193 Å². The lowest BCUT2D eigenvalue weighted by atomic mass is 9.99. The summed E-state index contributed by atoms with van der Waals surface area (Å²) in [5, 5.41) is 10.6. The van der Waals surface area contributed by atoms with Crippen LogP contribution in [0.5, 0.6) is 0 Å². The number of rotatable bonds is 73. The molecule has 0 saturated heterocycles. The molecule has 0 aromatic heterocycles. The summed E-state index contributed by atoms with van der Waals surface area (Å²) in [6.45, 7) is 9.56. The summed E-state index contributed by atoms with van der Waals surface area (Å²) in [5.41, 5.74) is 0. The predicted molar refractivity (Wildman–Crippen MR) is 377 cm³/mol. The Hall–Kier alpha value is -1.94. The van der Waals surface area contributed by atoms with Gasteiger partial charge < -0.3 is 33.8 Å². The van der Waals surface area contributed by atoms with Crippen LogP contribution in [0.3, 0.4) is 0 Å². The Balaban J connectivity index is 5.11. The van der Waals surface area contributed by atoms with Crippen molar-refractivity contribution < 1.29 is 80.2 Å². The van der Waals surface area contributed by atoms with Gasteiger partial charge in [-0.15, -0.1) is 0 Å². The third-order valence-electron chi connectivity index (χ3n) is 17.6. The van der Waals surface area contributed by atoms with Crippen LogP contribution in [0.1, 0.15) is 382 Å². The van der Waals surface area contributed by atoms with Crippen molar-refractivity contribution in [3.05, 3.63) is 0 Å². The second kappa shape index (κ2) is 66.0. The molecule has 93 heavy (non-hydrogen) atoms. The number of ether oxygens (including phenoxy) is 4. The Morgan fingerprint density at radius 2 is 0.548 bits per heavy atom. The van der Waals surface area contributed by atoms with Gasteiger partial charge in [-0.1, -0.05) is 330 Å². The summed E-state index contributed by atoms with van der Waals surface area (Å²) in [6.07, 6.45) is 53.2. The van der Waals surface area contributed by atoms with E-state index >= 15 is 0 Å². The second-order valence-electron chi connectivity index (χ2n) is 27.4. The summed E-state index contributed by atoms with van der Waals surface area (Å²) in [6, 6.07) is 0. The van der Waals surface area contributed by atoms with Crippen molar-refractivity contribution in [2.45, 2.75) is 400 Å². The van der Waals surface area contributed by atoms with Crippen LogP contribution < -0.4 is 0 Å². The number of hydrogen-bond donors (Lipinski definition) is 3. The first-order valence-electron chi connectivity index (χ1n) is 38.5. The fourth-order valence-corrected chi connectivity index (χ4v) is 12.8. The summed E-state index contributed by atoms with van der Waals surface area (Å²) in [4.78, 5) is 72.3. The Morgan fingerprint density at radius 1 is 0.312 bits per heavy atom. The second-order valence-corrected chi connectivity index (χ2v) is 30.3. The van der Waals surface area contributed by atoms with Crippen LogP contribution in [-0.2, 0) is 65.4 Å². The van der Waals surface area contributed by atoms with Crippen molar-refractivity contribution in [1.29, 1.82) is 0 Å². The number of carbonyl (C=O) groups is 4. The van der Waals surface area contributed by atoms with E-state index in [-0.39, 0.29) is 25.7 Å². The van der Waals surface area contributed by atoms with Crippen molar-refractivity contribution >= 4 is 39.5 Å². The average molecular weight is 1370 g/mol. The highest BCUT2D eigenvalue weighted by atomic mass is 31.2. The molecule has 0 bridgehead atoms. The number of carbonyl (C=O) groups excluding carboxylic acids is 4. The lowest BCUT2D eigenvalue weighted by Crippen LogP contribution is -2.30. The maximum Gasteiger partial charge on any atom is 0.472 e. The number of phosphoric acid groups is 2. The standard InChI is InChI=1S/C74H144O17P2/c1-7-10-12-14-15-16-34-40-46-52-58-73(78)90-69(62-84-71(76)56-50-42-13-11-8-2)64-88-92(80,81)86-60-68(75)61-87-93(82,83)89-65-70(63-85-72(77)57-51-45-39-35-30-27-23-24-28-32-37-43-48-54-66(4)5)91-74(79)59-53-47-41-36-31-26-22-20-18-17-19-21-25-29-33-38-44-49-55-67(6)9-3/h66-70,75H,7-65H2,1-6H3,(H,80,81)(H,82,83)/t67?,68-,69+,70+/m0/s1. The molecule has 0 aliphatic rings.